The van der Waals surface area contributed by atoms with Gasteiger partial charge in [-0.15, -0.1) is 0 Å². The first-order valence-corrected chi connectivity index (χ1v) is 7.74. The maximum atomic E-state index is 2.23. The molecule has 0 radical (unpaired) electrons. The van der Waals surface area contributed by atoms with Crippen molar-refractivity contribution in [1.29, 1.82) is 0 Å². The Hall–Kier alpha value is -0.650. The van der Waals surface area contributed by atoms with E-state index in [9.17, 15) is 0 Å². The summed E-state index contributed by atoms with van der Waals surface area (Å²) in [6, 6.07) is 32.3. The molecule has 0 unspecified atom stereocenters. The van der Waals surface area contributed by atoms with Crippen LogP contribution in [-0.4, -0.2) is 37.7 Å². The molecule has 0 nitrogen and oxygen atoms in total. The van der Waals surface area contributed by atoms with Crippen LogP contribution < -0.4 is 15.9 Å². The van der Waals surface area contributed by atoms with E-state index < -0.39 is 7.92 Å². The van der Waals surface area contributed by atoms with Crippen LogP contribution in [0.5, 0.6) is 0 Å². The minimum Gasteiger partial charge on any atom is -0.0622 e. The van der Waals surface area contributed by atoms with Crippen LogP contribution in [0.25, 0.3) is 0 Å². The van der Waals surface area contributed by atoms with Crippen LogP contribution in [0.1, 0.15) is 0 Å². The Morgan fingerprint density at radius 3 is 0.900 bits per heavy atom. The number of hydrogen-bond donors (Lipinski definition) is 0. The normalized spacial score (nSPS) is 10.1. The molecule has 3 aromatic rings. The van der Waals surface area contributed by atoms with Crippen molar-refractivity contribution in [2.75, 3.05) is 0 Å². The van der Waals surface area contributed by atoms with E-state index in [0.29, 0.717) is 0 Å². The summed E-state index contributed by atoms with van der Waals surface area (Å²) in [6.45, 7) is 0. The molecule has 0 aliphatic carbocycles. The average Bonchev–Trinajstić information content (AvgIpc) is 2.51. The molecule has 92 valence electrons. The molecule has 2 heteroatoms. The second-order valence-corrected chi connectivity index (χ2v) is 6.56. The van der Waals surface area contributed by atoms with Crippen molar-refractivity contribution in [3.8, 4) is 0 Å². The predicted octanol–water partition coefficient (Wildman–Crippen LogP) is 3.06. The predicted molar refractivity (Wildman–Crippen MR) is 90.9 cm³/mol. The Bertz CT molecular complexity index is 529. The Kier molecular flexibility index (Phi) is 6.26. The fourth-order valence-electron chi connectivity index (χ4n) is 2.18. The zero-order valence-corrected chi connectivity index (χ0v) is 14.4. The summed E-state index contributed by atoms with van der Waals surface area (Å²) >= 11 is 0. The van der Waals surface area contributed by atoms with Crippen LogP contribution in [0.4, 0.5) is 0 Å². The van der Waals surface area contributed by atoms with Gasteiger partial charge in [0.2, 0.25) is 0 Å². The second kappa shape index (κ2) is 7.96. The Morgan fingerprint density at radius 2 is 0.650 bits per heavy atom. The third-order valence-corrected chi connectivity index (χ3v) is 5.49. The largest absolute Gasteiger partial charge is 2.00 e. The van der Waals surface area contributed by atoms with Gasteiger partial charge in [-0.3, -0.25) is 0 Å². The molecule has 0 saturated carbocycles. The van der Waals surface area contributed by atoms with Crippen LogP contribution >= 0.6 is 7.92 Å². The molecule has 0 N–H and O–H groups in total. The SMILES string of the molecule is [Ca+2].c1ccc(P(c2ccccc2)c2ccccc2)cc1. The topological polar surface area (TPSA) is 0 Å². The zero-order chi connectivity index (χ0) is 12.9. The zero-order valence-electron chi connectivity index (χ0n) is 11.3. The van der Waals surface area contributed by atoms with Crippen molar-refractivity contribution in [2.24, 2.45) is 0 Å². The molecule has 0 aromatic heterocycles. The van der Waals surface area contributed by atoms with Gasteiger partial charge in [0.25, 0.3) is 0 Å². The van der Waals surface area contributed by atoms with E-state index in [2.05, 4.69) is 91.0 Å². The summed E-state index contributed by atoms with van der Waals surface area (Å²) in [4.78, 5) is 0. The van der Waals surface area contributed by atoms with Crippen LogP contribution in [0.2, 0.25) is 0 Å². The summed E-state index contributed by atoms with van der Waals surface area (Å²) in [5, 5.41) is 4.19. The molecular formula is C18H15CaP+2. The van der Waals surface area contributed by atoms with Crippen molar-refractivity contribution >= 4 is 61.6 Å². The summed E-state index contributed by atoms with van der Waals surface area (Å²) in [5.41, 5.74) is 0. The molecule has 0 aliphatic heterocycles. The van der Waals surface area contributed by atoms with Gasteiger partial charge in [-0.2, -0.15) is 0 Å². The molecule has 0 spiro atoms. The van der Waals surface area contributed by atoms with Gasteiger partial charge in [-0.1, -0.05) is 91.0 Å². The maximum Gasteiger partial charge on any atom is 2.00 e. The van der Waals surface area contributed by atoms with Gasteiger partial charge in [-0.25, -0.2) is 0 Å². The summed E-state index contributed by atoms with van der Waals surface area (Å²) in [6.07, 6.45) is 0. The monoisotopic (exact) mass is 302 g/mol. The molecule has 0 heterocycles. The first-order chi connectivity index (χ1) is 9.45. The minimum absolute atomic E-state index is 0. The summed E-state index contributed by atoms with van der Waals surface area (Å²) in [5.74, 6) is 0. The minimum atomic E-state index is -0.446. The standard InChI is InChI=1S/C18H15P.Ca/c1-4-10-16(11-5-1)19(17-12-6-2-7-13-17)18-14-8-3-9-15-18;/h1-15H;/q;+2. The number of benzene rings is 3. The van der Waals surface area contributed by atoms with E-state index in [4.69, 9.17) is 0 Å². The fraction of sp³-hybridized carbons (Fsp3) is 0. The van der Waals surface area contributed by atoms with Crippen LogP contribution in [0.15, 0.2) is 91.0 Å². The van der Waals surface area contributed by atoms with Gasteiger partial charge in [0.05, 0.1) is 0 Å². The molecular weight excluding hydrogens is 287 g/mol. The van der Waals surface area contributed by atoms with Crippen LogP contribution in [0.3, 0.4) is 0 Å². The molecule has 0 amide bonds. The molecule has 3 aromatic carbocycles. The van der Waals surface area contributed by atoms with Gasteiger partial charge in [0.1, 0.15) is 0 Å². The third-order valence-electron chi connectivity index (χ3n) is 3.04. The molecule has 0 aliphatic rings. The van der Waals surface area contributed by atoms with Gasteiger partial charge < -0.3 is 0 Å². The van der Waals surface area contributed by atoms with E-state index >= 15 is 0 Å². The number of rotatable bonds is 3. The molecule has 3 rings (SSSR count). The maximum absolute atomic E-state index is 2.23. The van der Waals surface area contributed by atoms with Crippen molar-refractivity contribution in [2.45, 2.75) is 0 Å². The Labute approximate surface area is 151 Å². The van der Waals surface area contributed by atoms with E-state index in [1.54, 1.807) is 0 Å². The number of hydrogen-bond acceptors (Lipinski definition) is 0. The second-order valence-electron chi connectivity index (χ2n) is 4.34. The smallest absolute Gasteiger partial charge is 0.0622 e. The first kappa shape index (κ1) is 15.7. The van der Waals surface area contributed by atoms with Crippen molar-refractivity contribution in [3.05, 3.63) is 91.0 Å². The van der Waals surface area contributed by atoms with Crippen LogP contribution in [-0.2, 0) is 0 Å². The van der Waals surface area contributed by atoms with Gasteiger partial charge in [0, 0.05) is 0 Å². The summed E-state index contributed by atoms with van der Waals surface area (Å²) in [7, 11) is -0.446. The fourth-order valence-corrected chi connectivity index (χ4v) is 4.48. The summed E-state index contributed by atoms with van der Waals surface area (Å²) < 4.78 is 0. The first-order valence-electron chi connectivity index (χ1n) is 6.40. The van der Waals surface area contributed by atoms with E-state index in [-0.39, 0.29) is 37.7 Å². The van der Waals surface area contributed by atoms with Gasteiger partial charge >= 0.3 is 37.7 Å². The van der Waals surface area contributed by atoms with Crippen LogP contribution in [0, 0.1) is 0 Å². The Morgan fingerprint density at radius 1 is 0.400 bits per heavy atom. The third kappa shape index (κ3) is 3.71. The molecule has 0 fully saturated rings. The molecule has 0 saturated heterocycles. The van der Waals surface area contributed by atoms with Gasteiger partial charge in [-0.05, 0) is 23.8 Å². The van der Waals surface area contributed by atoms with Crippen molar-refractivity contribution in [3.63, 3.8) is 0 Å². The van der Waals surface area contributed by atoms with Crippen molar-refractivity contribution < 1.29 is 0 Å². The molecule has 20 heavy (non-hydrogen) atoms. The van der Waals surface area contributed by atoms with E-state index in [1.807, 2.05) is 0 Å². The molecule has 0 bridgehead atoms. The van der Waals surface area contributed by atoms with E-state index in [0.717, 1.165) is 0 Å². The van der Waals surface area contributed by atoms with E-state index in [1.165, 1.54) is 15.9 Å². The Balaban J connectivity index is 0.00000147. The van der Waals surface area contributed by atoms with Gasteiger partial charge in [0.15, 0.2) is 0 Å². The van der Waals surface area contributed by atoms with Crippen molar-refractivity contribution in [1.82, 2.24) is 0 Å². The average molecular weight is 302 g/mol. The molecule has 0 atom stereocenters. The quantitative estimate of drug-likeness (QED) is 0.515.